The van der Waals surface area contributed by atoms with Gasteiger partial charge in [0.2, 0.25) is 0 Å². The fourth-order valence-electron chi connectivity index (χ4n) is 3.04. The Labute approximate surface area is 153 Å². The highest BCUT2D eigenvalue weighted by Crippen LogP contribution is 2.14. The number of aliphatic imine (C=N–C) groups is 1. The number of halogens is 1. The van der Waals surface area contributed by atoms with E-state index in [1.807, 2.05) is 24.3 Å². The molecule has 134 valence electrons. The molecule has 0 saturated heterocycles. The average Bonchev–Trinajstić information content (AvgIpc) is 2.86. The Bertz CT molecular complexity index is 707. The van der Waals surface area contributed by atoms with Crippen LogP contribution in [0.25, 0.3) is 0 Å². The van der Waals surface area contributed by atoms with Crippen molar-refractivity contribution in [3.05, 3.63) is 46.5 Å². The molecule has 6 nitrogen and oxygen atoms in total. The predicted molar refractivity (Wildman–Crippen MR) is 101 cm³/mol. The Hall–Kier alpha value is -2.08. The Balaban J connectivity index is 1.48. The topological polar surface area (TPSA) is 67.1 Å². The second-order valence-electron chi connectivity index (χ2n) is 6.22. The van der Waals surface area contributed by atoms with Crippen LogP contribution in [0.1, 0.15) is 36.5 Å². The fourth-order valence-corrected chi connectivity index (χ4v) is 3.16. The molecule has 25 heavy (non-hydrogen) atoms. The molecular weight excluding hydrogens is 336 g/mol. The minimum absolute atomic E-state index is 0.633. The highest BCUT2D eigenvalue weighted by Gasteiger charge is 2.14. The van der Waals surface area contributed by atoms with Crippen LogP contribution in [0.3, 0.4) is 0 Å². The van der Waals surface area contributed by atoms with Crippen molar-refractivity contribution in [1.82, 2.24) is 25.4 Å². The quantitative estimate of drug-likeness (QED) is 0.635. The van der Waals surface area contributed by atoms with Crippen molar-refractivity contribution in [1.29, 1.82) is 0 Å². The van der Waals surface area contributed by atoms with Crippen molar-refractivity contribution in [3.63, 3.8) is 0 Å². The molecule has 2 N–H and O–H groups in total. The average molecular weight is 361 g/mol. The first-order valence-electron chi connectivity index (χ1n) is 8.86. The van der Waals surface area contributed by atoms with Gasteiger partial charge in [-0.05, 0) is 37.0 Å². The van der Waals surface area contributed by atoms with Crippen molar-refractivity contribution in [2.24, 2.45) is 4.99 Å². The predicted octanol–water partition coefficient (Wildman–Crippen LogP) is 2.57. The minimum Gasteiger partial charge on any atom is -0.356 e. The first-order valence-corrected chi connectivity index (χ1v) is 9.24. The number of hydrogen-bond donors (Lipinski definition) is 2. The van der Waals surface area contributed by atoms with Gasteiger partial charge in [0, 0.05) is 31.6 Å². The molecule has 3 rings (SSSR count). The van der Waals surface area contributed by atoms with Crippen LogP contribution in [0.5, 0.6) is 0 Å². The number of nitrogens with zero attached hydrogens (tertiary/aromatic N) is 4. The highest BCUT2D eigenvalue weighted by atomic mass is 35.5. The molecule has 1 aromatic carbocycles. The van der Waals surface area contributed by atoms with Gasteiger partial charge in [0.15, 0.2) is 11.8 Å². The van der Waals surface area contributed by atoms with Crippen LogP contribution in [-0.4, -0.2) is 34.3 Å². The molecule has 0 amide bonds. The Kier molecular flexibility index (Phi) is 6.28. The Morgan fingerprint density at radius 2 is 2.00 bits per heavy atom. The summed E-state index contributed by atoms with van der Waals surface area (Å²) in [5.41, 5.74) is 1.25. The first-order chi connectivity index (χ1) is 12.3. The molecule has 0 bridgehead atoms. The number of nitrogens with one attached hydrogen (secondary N) is 2. The van der Waals surface area contributed by atoms with Gasteiger partial charge in [0.25, 0.3) is 0 Å². The summed E-state index contributed by atoms with van der Waals surface area (Å²) in [6, 6.07) is 7.93. The standard InChI is InChI=1S/C18H25ClN6/c1-20-18(21-11-10-14-6-8-15(19)9-7-14)22-13-17-24-23-16-5-3-2-4-12-25(16)17/h6-9H,2-5,10-13H2,1H3,(H2,20,21,22). The molecule has 1 aromatic heterocycles. The molecule has 0 aliphatic carbocycles. The van der Waals surface area contributed by atoms with Gasteiger partial charge in [-0.1, -0.05) is 30.2 Å². The van der Waals surface area contributed by atoms with E-state index in [0.717, 1.165) is 48.6 Å². The fraction of sp³-hybridized carbons (Fsp3) is 0.500. The maximum Gasteiger partial charge on any atom is 0.191 e. The molecule has 7 heteroatoms. The number of fused-ring (bicyclic) bond motifs is 1. The van der Waals surface area contributed by atoms with E-state index < -0.39 is 0 Å². The van der Waals surface area contributed by atoms with Gasteiger partial charge in [-0.3, -0.25) is 4.99 Å². The summed E-state index contributed by atoms with van der Waals surface area (Å²) in [5, 5.41) is 16.1. The Morgan fingerprint density at radius 1 is 1.16 bits per heavy atom. The molecule has 2 heterocycles. The molecule has 0 atom stereocenters. The lowest BCUT2D eigenvalue weighted by Gasteiger charge is -2.12. The zero-order valence-corrected chi connectivity index (χ0v) is 15.4. The summed E-state index contributed by atoms with van der Waals surface area (Å²) in [6.45, 7) is 2.45. The van der Waals surface area contributed by atoms with Gasteiger partial charge >= 0.3 is 0 Å². The van der Waals surface area contributed by atoms with E-state index in [9.17, 15) is 0 Å². The number of aryl methyl sites for hydroxylation is 1. The van der Waals surface area contributed by atoms with Crippen LogP contribution in [-0.2, 0) is 25.9 Å². The van der Waals surface area contributed by atoms with Crippen LogP contribution < -0.4 is 10.6 Å². The van der Waals surface area contributed by atoms with Gasteiger partial charge < -0.3 is 15.2 Å². The third-order valence-electron chi connectivity index (χ3n) is 4.44. The summed E-state index contributed by atoms with van der Waals surface area (Å²) in [7, 11) is 1.78. The first kappa shape index (κ1) is 17.7. The maximum atomic E-state index is 5.91. The summed E-state index contributed by atoms with van der Waals surface area (Å²) < 4.78 is 2.25. The summed E-state index contributed by atoms with van der Waals surface area (Å²) in [5.74, 6) is 2.87. The normalized spacial score (nSPS) is 14.7. The highest BCUT2D eigenvalue weighted by molar-refractivity contribution is 6.30. The van der Waals surface area contributed by atoms with Crippen molar-refractivity contribution >= 4 is 17.6 Å². The molecular formula is C18H25ClN6. The van der Waals surface area contributed by atoms with Crippen molar-refractivity contribution < 1.29 is 0 Å². The van der Waals surface area contributed by atoms with Crippen LogP contribution in [0, 0.1) is 0 Å². The molecule has 1 aliphatic heterocycles. The zero-order chi connectivity index (χ0) is 17.5. The summed E-state index contributed by atoms with van der Waals surface area (Å²) in [6.07, 6.45) is 5.62. The third-order valence-corrected chi connectivity index (χ3v) is 4.70. The zero-order valence-electron chi connectivity index (χ0n) is 14.6. The summed E-state index contributed by atoms with van der Waals surface area (Å²) >= 11 is 5.91. The second-order valence-corrected chi connectivity index (χ2v) is 6.66. The van der Waals surface area contributed by atoms with Gasteiger partial charge in [-0.25, -0.2) is 0 Å². The van der Waals surface area contributed by atoms with Crippen LogP contribution >= 0.6 is 11.6 Å². The molecule has 0 fully saturated rings. The monoisotopic (exact) mass is 360 g/mol. The van der Waals surface area contributed by atoms with E-state index in [1.165, 1.54) is 24.8 Å². The van der Waals surface area contributed by atoms with Crippen molar-refractivity contribution in [2.45, 2.75) is 45.2 Å². The van der Waals surface area contributed by atoms with Crippen LogP contribution in [0.2, 0.25) is 5.02 Å². The number of aromatic nitrogens is 3. The molecule has 0 radical (unpaired) electrons. The molecule has 0 unspecified atom stereocenters. The lowest BCUT2D eigenvalue weighted by molar-refractivity contribution is 0.596. The van der Waals surface area contributed by atoms with E-state index in [0.29, 0.717) is 6.54 Å². The number of guanidine groups is 1. The number of benzene rings is 1. The molecule has 0 spiro atoms. The van der Waals surface area contributed by atoms with E-state index >= 15 is 0 Å². The SMILES string of the molecule is CN=C(NCCc1ccc(Cl)cc1)NCc1nnc2n1CCCCC2. The van der Waals surface area contributed by atoms with Gasteiger partial charge in [0.1, 0.15) is 5.82 Å². The summed E-state index contributed by atoms with van der Waals surface area (Å²) in [4.78, 5) is 4.28. The second kappa shape index (κ2) is 8.85. The lowest BCUT2D eigenvalue weighted by Crippen LogP contribution is -2.38. The van der Waals surface area contributed by atoms with E-state index in [4.69, 9.17) is 11.6 Å². The smallest absolute Gasteiger partial charge is 0.191 e. The van der Waals surface area contributed by atoms with Crippen molar-refractivity contribution in [2.75, 3.05) is 13.6 Å². The lowest BCUT2D eigenvalue weighted by atomic mass is 10.1. The molecule has 0 saturated carbocycles. The maximum absolute atomic E-state index is 5.91. The molecule has 1 aliphatic rings. The van der Waals surface area contributed by atoms with E-state index in [2.05, 4.69) is 30.4 Å². The van der Waals surface area contributed by atoms with Gasteiger partial charge in [0.05, 0.1) is 6.54 Å². The number of hydrogen-bond acceptors (Lipinski definition) is 3. The third kappa shape index (κ3) is 4.95. The van der Waals surface area contributed by atoms with Gasteiger partial charge in [-0.2, -0.15) is 0 Å². The van der Waals surface area contributed by atoms with E-state index in [-0.39, 0.29) is 0 Å². The van der Waals surface area contributed by atoms with Crippen LogP contribution in [0.4, 0.5) is 0 Å². The van der Waals surface area contributed by atoms with Crippen LogP contribution in [0.15, 0.2) is 29.3 Å². The minimum atomic E-state index is 0.633. The Morgan fingerprint density at radius 3 is 2.80 bits per heavy atom. The number of rotatable bonds is 5. The largest absolute Gasteiger partial charge is 0.356 e. The van der Waals surface area contributed by atoms with E-state index in [1.54, 1.807) is 7.05 Å². The molecule has 2 aromatic rings. The van der Waals surface area contributed by atoms with Gasteiger partial charge in [-0.15, -0.1) is 10.2 Å². The van der Waals surface area contributed by atoms with Crippen molar-refractivity contribution in [3.8, 4) is 0 Å².